The van der Waals surface area contributed by atoms with E-state index in [-0.39, 0.29) is 0 Å². The van der Waals surface area contributed by atoms with Gasteiger partial charge in [0.1, 0.15) is 0 Å². The van der Waals surface area contributed by atoms with Crippen molar-refractivity contribution in [2.75, 3.05) is 0 Å². The zero-order valence-corrected chi connectivity index (χ0v) is 14.0. The zero-order chi connectivity index (χ0) is 9.83. The third-order valence-electron chi connectivity index (χ3n) is 2.80. The second-order valence-corrected chi connectivity index (χ2v) is 35.7. The third-order valence-corrected chi connectivity index (χ3v) is 52.5. The Hall–Kier alpha value is 0.346. The Bertz CT molecular complexity index is 457. The molecule has 4 rings (SSSR count). The van der Waals surface area contributed by atoms with Crippen molar-refractivity contribution >= 4 is 56.2 Å². The first-order valence-electron chi connectivity index (χ1n) is 4.91. The predicted molar refractivity (Wildman–Crippen MR) is 68.7 cm³/mol. The summed E-state index contributed by atoms with van der Waals surface area (Å²) in [5.41, 5.74) is 0. The molecule has 0 nitrogen and oxygen atoms in total. The van der Waals surface area contributed by atoms with Gasteiger partial charge in [0.15, 0.2) is 0 Å². The van der Waals surface area contributed by atoms with E-state index in [1.54, 1.807) is 0 Å². The van der Waals surface area contributed by atoms with Crippen molar-refractivity contribution in [1.29, 1.82) is 0 Å². The van der Waals surface area contributed by atoms with Crippen molar-refractivity contribution in [3.8, 4) is 0 Å². The number of hydrogen-bond donors (Lipinski definition) is 0. The first kappa shape index (κ1) is 9.38. The zero-order valence-electron chi connectivity index (χ0n) is 7.92. The average molecular weight is 430 g/mol. The summed E-state index contributed by atoms with van der Waals surface area (Å²) in [4.78, 5) is 0. The van der Waals surface area contributed by atoms with E-state index in [9.17, 15) is 0 Å². The molecule has 0 saturated carbocycles. The Kier molecular flexibility index (Phi) is 2.14. The van der Waals surface area contributed by atoms with Crippen LogP contribution in [0.3, 0.4) is 0 Å². The van der Waals surface area contributed by atoms with Crippen LogP contribution in [-0.2, 0) is 0 Å². The van der Waals surface area contributed by atoms with Gasteiger partial charge in [0.05, 0.1) is 0 Å². The molecule has 0 atom stereocenters. The summed E-state index contributed by atoms with van der Waals surface area (Å²) < 4.78 is 7.36. The molecule has 2 aliphatic heterocycles. The molecule has 0 saturated heterocycles. The monoisotopic (exact) mass is 432 g/mol. The Balaban J connectivity index is 2.02. The summed E-state index contributed by atoms with van der Waals surface area (Å²) in [6.07, 6.45) is 0. The van der Waals surface area contributed by atoms with Crippen LogP contribution in [0, 0.1) is 0 Å². The number of hydrogen-bond acceptors (Lipinski definition) is 0. The molecule has 0 aromatic heterocycles. The molecular weight excluding hydrogens is 422 g/mol. The summed E-state index contributed by atoms with van der Waals surface area (Å²) in [7, 11) is 0. The molecule has 0 amide bonds. The summed E-state index contributed by atoms with van der Waals surface area (Å²) in [6, 6.07) is 18.7. The van der Waals surface area contributed by atoms with Gasteiger partial charge in [0.25, 0.3) is 0 Å². The van der Waals surface area contributed by atoms with E-state index in [1.165, 1.54) is 0 Å². The first-order chi connectivity index (χ1) is 7.45. The fourth-order valence-electron chi connectivity index (χ4n) is 2.13. The van der Waals surface area contributed by atoms with Gasteiger partial charge in [-0.3, -0.25) is 0 Å². The number of benzene rings is 2. The molecular formula is C12H8As2Te. The molecule has 0 radical (unpaired) electrons. The van der Waals surface area contributed by atoms with Crippen LogP contribution < -0.4 is 17.4 Å². The fourth-order valence-corrected chi connectivity index (χ4v) is 77.1. The Morgan fingerprint density at radius 2 is 0.933 bits per heavy atom. The third kappa shape index (κ3) is 1.22. The standard InChI is InChI=1S/C12H8As2Te/c1-2-6-10-9(5-1)13-11-7-3-4-8-12(11)14(10)15-13/h1-8H. The average Bonchev–Trinajstić information content (AvgIpc) is 2.86. The van der Waals surface area contributed by atoms with Gasteiger partial charge < -0.3 is 0 Å². The van der Waals surface area contributed by atoms with E-state index < -0.39 is 22.7 Å². The van der Waals surface area contributed by atoms with Gasteiger partial charge in [0.2, 0.25) is 0 Å². The summed E-state index contributed by atoms with van der Waals surface area (Å²) >= 11 is -0.948. The molecule has 0 spiro atoms. The topological polar surface area (TPSA) is 0 Å². The SMILES string of the molecule is c1ccc2c(c1)[As]1[Te][As]2c2ccccc21. The van der Waals surface area contributed by atoms with Gasteiger partial charge in [-0.25, -0.2) is 0 Å². The van der Waals surface area contributed by atoms with Crippen molar-refractivity contribution in [3.63, 3.8) is 0 Å². The summed E-state index contributed by atoms with van der Waals surface area (Å²) in [5, 5.41) is 0. The molecule has 15 heavy (non-hydrogen) atoms. The quantitative estimate of drug-likeness (QED) is 0.468. The molecule has 2 bridgehead atoms. The summed E-state index contributed by atoms with van der Waals surface area (Å²) in [5.74, 6) is 0. The number of fused-ring (bicyclic) bond motifs is 8. The molecule has 0 fully saturated rings. The predicted octanol–water partition coefficient (Wildman–Crippen LogP) is -1.07. The van der Waals surface area contributed by atoms with E-state index in [4.69, 9.17) is 0 Å². The normalized spacial score (nSPS) is 25.1. The fraction of sp³-hybridized carbons (Fsp3) is 0. The van der Waals surface area contributed by atoms with Crippen molar-refractivity contribution in [2.24, 2.45) is 0 Å². The van der Waals surface area contributed by atoms with E-state index in [2.05, 4.69) is 48.5 Å². The van der Waals surface area contributed by atoms with Crippen LogP contribution in [0.1, 0.15) is 0 Å². The van der Waals surface area contributed by atoms with Gasteiger partial charge in [-0.2, -0.15) is 0 Å². The van der Waals surface area contributed by atoms with E-state index in [0.29, 0.717) is 16.0 Å². The van der Waals surface area contributed by atoms with Crippen molar-refractivity contribution in [2.45, 2.75) is 0 Å². The molecule has 3 heteroatoms. The minimum atomic E-state index is -0.660. The molecule has 2 heterocycles. The second kappa shape index (κ2) is 3.42. The Morgan fingerprint density at radius 3 is 1.27 bits per heavy atom. The molecule has 0 unspecified atom stereocenters. The van der Waals surface area contributed by atoms with Crippen LogP contribution in [-0.4, -0.2) is 38.8 Å². The molecule has 2 aromatic carbocycles. The van der Waals surface area contributed by atoms with E-state index in [0.717, 1.165) is 0 Å². The van der Waals surface area contributed by atoms with Gasteiger partial charge in [-0.05, 0) is 0 Å². The van der Waals surface area contributed by atoms with Gasteiger partial charge in [-0.15, -0.1) is 0 Å². The minimum absolute atomic E-state index is 0.372. The van der Waals surface area contributed by atoms with Crippen LogP contribution in [0.5, 0.6) is 0 Å². The van der Waals surface area contributed by atoms with Gasteiger partial charge in [0, 0.05) is 0 Å². The van der Waals surface area contributed by atoms with E-state index >= 15 is 0 Å². The van der Waals surface area contributed by atoms with Gasteiger partial charge in [-0.1, -0.05) is 0 Å². The first-order valence-corrected chi connectivity index (χ1v) is 21.0. The van der Waals surface area contributed by atoms with E-state index in [1.807, 2.05) is 17.4 Å². The van der Waals surface area contributed by atoms with Crippen molar-refractivity contribution < 1.29 is 0 Å². The van der Waals surface area contributed by atoms with Crippen LogP contribution in [0.4, 0.5) is 0 Å². The molecule has 0 N–H and O–H groups in total. The number of rotatable bonds is 0. The Morgan fingerprint density at radius 1 is 0.600 bits per heavy atom. The van der Waals surface area contributed by atoms with Crippen molar-refractivity contribution in [1.82, 2.24) is 0 Å². The molecule has 0 aliphatic carbocycles. The Labute approximate surface area is 104 Å². The van der Waals surface area contributed by atoms with Crippen LogP contribution >= 0.6 is 0 Å². The second-order valence-electron chi connectivity index (χ2n) is 3.65. The molecule has 72 valence electrons. The van der Waals surface area contributed by atoms with Gasteiger partial charge >= 0.3 is 105 Å². The molecule has 2 aromatic rings. The maximum absolute atomic E-state index is 2.44. The van der Waals surface area contributed by atoms with Crippen LogP contribution in [0.15, 0.2) is 48.5 Å². The summed E-state index contributed by atoms with van der Waals surface area (Å²) in [6.45, 7) is 0. The molecule has 2 aliphatic rings. The maximum atomic E-state index is 2.44. The van der Waals surface area contributed by atoms with Crippen molar-refractivity contribution in [3.05, 3.63) is 48.5 Å². The van der Waals surface area contributed by atoms with Crippen LogP contribution in [0.2, 0.25) is 0 Å². The van der Waals surface area contributed by atoms with Crippen LogP contribution in [0.25, 0.3) is 0 Å².